The molecule has 0 saturated carbocycles. The minimum atomic E-state index is -0.844. The zero-order valence-corrected chi connectivity index (χ0v) is 11.5. The molecule has 1 aromatic rings. The number of nitrogens with one attached hydrogen (secondary N) is 1. The molecule has 0 saturated heterocycles. The number of amides is 1. The SMILES string of the molecule is CCN1C(=O)C(C)Oc2cc(NCCC(=O)O)ccc21. The Balaban J connectivity index is 2.17. The predicted molar refractivity (Wildman–Crippen MR) is 75.3 cm³/mol. The van der Waals surface area contributed by atoms with Crippen LogP contribution >= 0.6 is 0 Å². The van der Waals surface area contributed by atoms with E-state index in [0.29, 0.717) is 18.8 Å². The second kappa shape index (κ2) is 5.81. The summed E-state index contributed by atoms with van der Waals surface area (Å²) in [6, 6.07) is 5.42. The van der Waals surface area contributed by atoms with Crippen LogP contribution in [0, 0.1) is 0 Å². The molecule has 1 unspecified atom stereocenters. The summed E-state index contributed by atoms with van der Waals surface area (Å²) in [6.07, 6.45) is -0.454. The van der Waals surface area contributed by atoms with E-state index in [1.54, 1.807) is 17.9 Å². The lowest BCUT2D eigenvalue weighted by molar-refractivity contribution is -0.136. The molecule has 0 fully saturated rings. The van der Waals surface area contributed by atoms with Crippen molar-refractivity contribution in [2.45, 2.75) is 26.4 Å². The smallest absolute Gasteiger partial charge is 0.305 e. The van der Waals surface area contributed by atoms with E-state index >= 15 is 0 Å². The summed E-state index contributed by atoms with van der Waals surface area (Å²) in [5, 5.41) is 11.6. The van der Waals surface area contributed by atoms with Crippen LogP contribution in [0.4, 0.5) is 11.4 Å². The van der Waals surface area contributed by atoms with Crippen molar-refractivity contribution < 1.29 is 19.4 Å². The van der Waals surface area contributed by atoms with E-state index < -0.39 is 12.1 Å². The molecule has 6 heteroatoms. The number of ether oxygens (including phenoxy) is 1. The normalized spacial score (nSPS) is 17.4. The molecule has 0 radical (unpaired) electrons. The van der Waals surface area contributed by atoms with Crippen molar-refractivity contribution in [1.29, 1.82) is 0 Å². The van der Waals surface area contributed by atoms with Crippen molar-refractivity contribution in [3.63, 3.8) is 0 Å². The van der Waals surface area contributed by atoms with E-state index in [-0.39, 0.29) is 12.3 Å². The first kappa shape index (κ1) is 14.2. The van der Waals surface area contributed by atoms with E-state index in [4.69, 9.17) is 9.84 Å². The van der Waals surface area contributed by atoms with E-state index in [1.165, 1.54) is 0 Å². The predicted octanol–water partition coefficient (Wildman–Crippen LogP) is 1.71. The van der Waals surface area contributed by atoms with Gasteiger partial charge in [-0.3, -0.25) is 9.59 Å². The van der Waals surface area contributed by atoms with Gasteiger partial charge in [-0.15, -0.1) is 0 Å². The van der Waals surface area contributed by atoms with Crippen molar-refractivity contribution in [3.05, 3.63) is 18.2 Å². The van der Waals surface area contributed by atoms with Crippen LogP contribution in [-0.4, -0.2) is 36.2 Å². The molecule has 1 aromatic carbocycles. The van der Waals surface area contributed by atoms with Gasteiger partial charge in [0.05, 0.1) is 12.1 Å². The fourth-order valence-electron chi connectivity index (χ4n) is 2.16. The fourth-order valence-corrected chi connectivity index (χ4v) is 2.16. The number of carbonyl (C=O) groups is 2. The van der Waals surface area contributed by atoms with Gasteiger partial charge in [0.2, 0.25) is 0 Å². The average Bonchev–Trinajstić information content (AvgIpc) is 2.40. The first-order chi connectivity index (χ1) is 9.52. The lowest BCUT2D eigenvalue weighted by Gasteiger charge is -2.32. The van der Waals surface area contributed by atoms with Crippen LogP contribution in [0.5, 0.6) is 5.75 Å². The molecular weight excluding hydrogens is 260 g/mol. The topological polar surface area (TPSA) is 78.9 Å². The van der Waals surface area contributed by atoms with Crippen molar-refractivity contribution in [2.75, 3.05) is 23.3 Å². The monoisotopic (exact) mass is 278 g/mol. The molecule has 1 atom stereocenters. The highest BCUT2D eigenvalue weighted by Crippen LogP contribution is 2.36. The summed E-state index contributed by atoms with van der Waals surface area (Å²) in [5.41, 5.74) is 1.53. The summed E-state index contributed by atoms with van der Waals surface area (Å²) in [7, 11) is 0. The Morgan fingerprint density at radius 3 is 2.90 bits per heavy atom. The summed E-state index contributed by atoms with van der Waals surface area (Å²) in [5.74, 6) is -0.256. The van der Waals surface area contributed by atoms with Gasteiger partial charge in [-0.2, -0.15) is 0 Å². The lowest BCUT2D eigenvalue weighted by atomic mass is 10.1. The molecule has 0 spiro atoms. The van der Waals surface area contributed by atoms with Gasteiger partial charge in [0.15, 0.2) is 6.10 Å². The highest BCUT2D eigenvalue weighted by atomic mass is 16.5. The van der Waals surface area contributed by atoms with Gasteiger partial charge in [0.25, 0.3) is 5.91 Å². The molecule has 0 bridgehead atoms. The molecule has 6 nitrogen and oxygen atoms in total. The summed E-state index contributed by atoms with van der Waals surface area (Å²) in [6.45, 7) is 4.57. The largest absolute Gasteiger partial charge is 0.481 e. The Labute approximate surface area is 117 Å². The van der Waals surface area contributed by atoms with E-state index in [0.717, 1.165) is 11.4 Å². The number of anilines is 2. The quantitative estimate of drug-likeness (QED) is 0.857. The third kappa shape index (κ3) is 2.84. The number of rotatable bonds is 5. The van der Waals surface area contributed by atoms with E-state index in [2.05, 4.69) is 5.32 Å². The Hall–Kier alpha value is -2.24. The third-order valence-electron chi connectivity index (χ3n) is 3.15. The molecule has 2 N–H and O–H groups in total. The first-order valence-corrected chi connectivity index (χ1v) is 6.60. The van der Waals surface area contributed by atoms with Crippen LogP contribution in [0.2, 0.25) is 0 Å². The Morgan fingerprint density at radius 2 is 2.25 bits per heavy atom. The van der Waals surface area contributed by atoms with Gasteiger partial charge in [0, 0.05) is 24.8 Å². The maximum absolute atomic E-state index is 12.0. The Morgan fingerprint density at radius 1 is 1.50 bits per heavy atom. The summed E-state index contributed by atoms with van der Waals surface area (Å²) < 4.78 is 5.60. The maximum atomic E-state index is 12.0. The van der Waals surface area contributed by atoms with E-state index in [1.807, 2.05) is 19.1 Å². The number of aliphatic carboxylic acids is 1. The standard InChI is InChI=1S/C14H18N2O4/c1-3-16-11-5-4-10(15-7-6-13(17)18)8-12(11)20-9(2)14(16)19/h4-5,8-9,15H,3,6-7H2,1-2H3,(H,17,18). The molecule has 1 aliphatic rings. The number of hydrogen-bond donors (Lipinski definition) is 2. The molecule has 1 heterocycles. The number of hydrogen-bond acceptors (Lipinski definition) is 4. The molecule has 1 aliphatic heterocycles. The zero-order valence-electron chi connectivity index (χ0n) is 11.5. The molecule has 0 aliphatic carbocycles. The van der Waals surface area contributed by atoms with Gasteiger partial charge in [-0.1, -0.05) is 0 Å². The van der Waals surface area contributed by atoms with Gasteiger partial charge in [-0.25, -0.2) is 0 Å². The number of carboxylic acids is 1. The number of carboxylic acid groups (broad SMARTS) is 1. The highest BCUT2D eigenvalue weighted by molar-refractivity contribution is 6.00. The zero-order chi connectivity index (χ0) is 14.7. The molecule has 108 valence electrons. The van der Waals surface area contributed by atoms with Gasteiger partial charge >= 0.3 is 5.97 Å². The molecule has 0 aromatic heterocycles. The number of likely N-dealkylation sites (N-methyl/N-ethyl adjacent to an activating group) is 1. The number of fused-ring (bicyclic) bond motifs is 1. The number of benzene rings is 1. The van der Waals surface area contributed by atoms with Gasteiger partial charge in [-0.05, 0) is 26.0 Å². The Kier molecular flexibility index (Phi) is 4.12. The second-order valence-electron chi connectivity index (χ2n) is 4.60. The van der Waals surface area contributed by atoms with Crippen molar-refractivity contribution in [2.24, 2.45) is 0 Å². The van der Waals surface area contributed by atoms with Gasteiger partial charge < -0.3 is 20.1 Å². The molecule has 1 amide bonds. The average molecular weight is 278 g/mol. The molecular formula is C14H18N2O4. The minimum Gasteiger partial charge on any atom is -0.481 e. The van der Waals surface area contributed by atoms with Crippen molar-refractivity contribution in [1.82, 2.24) is 0 Å². The minimum absolute atomic E-state index is 0.0495. The Bertz CT molecular complexity index is 530. The van der Waals surface area contributed by atoms with E-state index in [9.17, 15) is 9.59 Å². The maximum Gasteiger partial charge on any atom is 0.305 e. The van der Waals surface area contributed by atoms with Crippen LogP contribution in [0.15, 0.2) is 18.2 Å². The first-order valence-electron chi connectivity index (χ1n) is 6.60. The van der Waals surface area contributed by atoms with Crippen LogP contribution in [-0.2, 0) is 9.59 Å². The van der Waals surface area contributed by atoms with Crippen LogP contribution in [0.3, 0.4) is 0 Å². The van der Waals surface area contributed by atoms with Crippen LogP contribution < -0.4 is 15.0 Å². The molecule has 20 heavy (non-hydrogen) atoms. The second-order valence-corrected chi connectivity index (χ2v) is 4.60. The van der Waals surface area contributed by atoms with Crippen LogP contribution in [0.1, 0.15) is 20.3 Å². The number of nitrogens with zero attached hydrogens (tertiary/aromatic N) is 1. The lowest BCUT2D eigenvalue weighted by Crippen LogP contribution is -2.44. The highest BCUT2D eigenvalue weighted by Gasteiger charge is 2.30. The molecule has 2 rings (SSSR count). The van der Waals surface area contributed by atoms with Crippen molar-refractivity contribution in [3.8, 4) is 5.75 Å². The number of carbonyl (C=O) groups excluding carboxylic acids is 1. The van der Waals surface area contributed by atoms with Crippen LogP contribution in [0.25, 0.3) is 0 Å². The van der Waals surface area contributed by atoms with Crippen molar-refractivity contribution >= 4 is 23.3 Å². The third-order valence-corrected chi connectivity index (χ3v) is 3.15. The van der Waals surface area contributed by atoms with Gasteiger partial charge in [0.1, 0.15) is 5.75 Å². The summed E-state index contributed by atoms with van der Waals surface area (Å²) >= 11 is 0. The fraction of sp³-hybridized carbons (Fsp3) is 0.429. The summed E-state index contributed by atoms with van der Waals surface area (Å²) in [4.78, 5) is 24.1.